The maximum Gasteiger partial charge on any atom is 0.188 e. The molecule has 2 aromatic carbocycles. The van der Waals surface area contributed by atoms with E-state index < -0.39 is 0 Å². The first kappa shape index (κ1) is 19.9. The predicted molar refractivity (Wildman–Crippen MR) is 107 cm³/mol. The molecule has 0 fully saturated rings. The Morgan fingerprint density at radius 2 is 1.76 bits per heavy atom. The zero-order valence-electron chi connectivity index (χ0n) is 16.1. The summed E-state index contributed by atoms with van der Waals surface area (Å²) < 4.78 is 11.0. The van der Waals surface area contributed by atoms with Gasteiger partial charge in [0.05, 0.1) is 6.61 Å². The quantitative estimate of drug-likeness (QED) is 0.631. The molecule has 25 heavy (non-hydrogen) atoms. The Bertz CT molecular complexity index is 733. The van der Waals surface area contributed by atoms with E-state index in [0.29, 0.717) is 8.58 Å². The summed E-state index contributed by atoms with van der Waals surface area (Å²) in [4.78, 5) is 0. The Labute approximate surface area is 153 Å². The molecule has 0 spiro atoms. The summed E-state index contributed by atoms with van der Waals surface area (Å²) in [6.07, 6.45) is 0. The molecule has 4 heteroatoms. The molecular formula is C21H29O3P. The van der Waals surface area contributed by atoms with Gasteiger partial charge in [-0.15, -0.1) is 0 Å². The van der Waals surface area contributed by atoms with Crippen LogP contribution in [0.5, 0.6) is 5.75 Å². The lowest BCUT2D eigenvalue weighted by Crippen LogP contribution is -2.19. The van der Waals surface area contributed by atoms with Crippen LogP contribution in [-0.2, 0) is 16.8 Å². The van der Waals surface area contributed by atoms with Gasteiger partial charge in [0.2, 0.25) is 0 Å². The number of aliphatic hydroxyl groups is 1. The summed E-state index contributed by atoms with van der Waals surface area (Å²) in [5, 5.41) is 12.0. The van der Waals surface area contributed by atoms with Crippen molar-refractivity contribution >= 4 is 19.2 Å². The Balaban J connectivity index is 2.51. The number of hydrogen-bond donors (Lipinski definition) is 1. The second kappa shape index (κ2) is 8.31. The fourth-order valence-corrected chi connectivity index (χ4v) is 4.11. The first-order chi connectivity index (χ1) is 11.8. The van der Waals surface area contributed by atoms with Crippen molar-refractivity contribution in [3.05, 3.63) is 52.6 Å². The lowest BCUT2D eigenvalue weighted by molar-refractivity contribution is 0.0514. The summed E-state index contributed by atoms with van der Waals surface area (Å²) in [6, 6.07) is 10.7. The van der Waals surface area contributed by atoms with Crippen LogP contribution >= 0.6 is 8.58 Å². The fraction of sp³-hybridized carbons (Fsp3) is 0.429. The summed E-state index contributed by atoms with van der Waals surface area (Å²) in [7, 11) is 2.05. The summed E-state index contributed by atoms with van der Waals surface area (Å²) in [6.45, 7) is 11.1. The van der Waals surface area contributed by atoms with E-state index >= 15 is 0 Å². The minimum absolute atomic E-state index is 0.0518. The lowest BCUT2D eigenvalue weighted by atomic mass is 9.86. The normalized spacial score (nSPS) is 12.1. The molecule has 0 amide bonds. The van der Waals surface area contributed by atoms with Crippen LogP contribution in [0.1, 0.15) is 43.0 Å². The van der Waals surface area contributed by atoms with Gasteiger partial charge in [0, 0.05) is 12.4 Å². The third-order valence-corrected chi connectivity index (χ3v) is 5.56. The number of methoxy groups -OCH3 is 1. The van der Waals surface area contributed by atoms with Crippen molar-refractivity contribution < 1.29 is 14.6 Å². The van der Waals surface area contributed by atoms with Crippen LogP contribution in [0.25, 0.3) is 0 Å². The Kier molecular flexibility index (Phi) is 6.62. The van der Waals surface area contributed by atoms with Crippen LogP contribution in [0, 0.1) is 13.8 Å². The fourth-order valence-electron chi connectivity index (χ4n) is 2.73. The van der Waals surface area contributed by atoms with Gasteiger partial charge in [-0.05, 0) is 47.3 Å². The maximum atomic E-state index is 9.72. The van der Waals surface area contributed by atoms with Gasteiger partial charge in [0.1, 0.15) is 5.75 Å². The number of aryl methyl sites for hydroxylation is 2. The highest BCUT2D eigenvalue weighted by Crippen LogP contribution is 2.31. The SMILES string of the molecule is COCOc1c(C)cc(C(C)(C)C)cc1Pc1ccc(C)cc1CO. The molecule has 0 aliphatic carbocycles. The number of hydrogen-bond acceptors (Lipinski definition) is 3. The van der Waals surface area contributed by atoms with Crippen molar-refractivity contribution in [2.45, 2.75) is 46.6 Å². The molecule has 1 N–H and O–H groups in total. The molecule has 2 aromatic rings. The van der Waals surface area contributed by atoms with Crippen LogP contribution in [0.15, 0.2) is 30.3 Å². The van der Waals surface area contributed by atoms with Gasteiger partial charge in [0.15, 0.2) is 6.79 Å². The highest BCUT2D eigenvalue weighted by molar-refractivity contribution is 7.55. The molecule has 1 atom stereocenters. The van der Waals surface area contributed by atoms with Gasteiger partial charge >= 0.3 is 0 Å². The molecule has 0 bridgehead atoms. The molecule has 0 aliphatic rings. The first-order valence-electron chi connectivity index (χ1n) is 8.50. The molecule has 0 aliphatic heterocycles. The summed E-state index contributed by atoms with van der Waals surface area (Å²) >= 11 is 0. The van der Waals surface area contributed by atoms with E-state index in [4.69, 9.17) is 9.47 Å². The van der Waals surface area contributed by atoms with E-state index in [-0.39, 0.29) is 18.8 Å². The largest absolute Gasteiger partial charge is 0.467 e. The molecule has 1 unspecified atom stereocenters. The van der Waals surface area contributed by atoms with Crippen molar-refractivity contribution in [1.29, 1.82) is 0 Å². The highest BCUT2D eigenvalue weighted by atomic mass is 31.1. The van der Waals surface area contributed by atoms with E-state index in [1.807, 2.05) is 6.92 Å². The minimum atomic E-state index is 0.0518. The third kappa shape index (κ3) is 5.04. The van der Waals surface area contributed by atoms with Crippen molar-refractivity contribution in [3.8, 4) is 5.75 Å². The monoisotopic (exact) mass is 360 g/mol. The van der Waals surface area contributed by atoms with Gasteiger partial charge in [-0.25, -0.2) is 0 Å². The Morgan fingerprint density at radius 1 is 1.04 bits per heavy atom. The number of ether oxygens (including phenoxy) is 2. The number of benzene rings is 2. The molecule has 3 nitrogen and oxygen atoms in total. The molecule has 0 saturated heterocycles. The Hall–Kier alpha value is -1.41. The van der Waals surface area contributed by atoms with E-state index in [1.54, 1.807) is 7.11 Å². The molecule has 136 valence electrons. The van der Waals surface area contributed by atoms with Crippen molar-refractivity contribution in [2.75, 3.05) is 13.9 Å². The van der Waals surface area contributed by atoms with Gasteiger partial charge in [0.25, 0.3) is 0 Å². The lowest BCUT2D eigenvalue weighted by Gasteiger charge is -2.23. The maximum absolute atomic E-state index is 9.72. The van der Waals surface area contributed by atoms with Crippen LogP contribution in [-0.4, -0.2) is 19.0 Å². The zero-order valence-corrected chi connectivity index (χ0v) is 17.1. The van der Waals surface area contributed by atoms with E-state index in [0.717, 1.165) is 33.0 Å². The smallest absolute Gasteiger partial charge is 0.188 e. The number of aliphatic hydroxyl groups excluding tert-OH is 1. The van der Waals surface area contributed by atoms with E-state index in [1.165, 1.54) is 5.56 Å². The van der Waals surface area contributed by atoms with Crippen LogP contribution in [0.3, 0.4) is 0 Å². The van der Waals surface area contributed by atoms with Crippen molar-refractivity contribution in [2.24, 2.45) is 0 Å². The van der Waals surface area contributed by atoms with Gasteiger partial charge in [-0.2, -0.15) is 0 Å². The molecule has 0 radical (unpaired) electrons. The third-order valence-electron chi connectivity index (χ3n) is 4.16. The van der Waals surface area contributed by atoms with Gasteiger partial charge in [-0.1, -0.05) is 59.2 Å². The standard InChI is InChI=1S/C21H29O3P/c1-14-7-8-18(16(9-14)12-22)25-19-11-17(21(3,4)5)10-15(2)20(19)24-13-23-6/h7-11,22,25H,12-13H2,1-6H3. The van der Waals surface area contributed by atoms with Gasteiger partial charge < -0.3 is 14.6 Å². The highest BCUT2D eigenvalue weighted by Gasteiger charge is 2.19. The second-order valence-electron chi connectivity index (χ2n) is 7.41. The average Bonchev–Trinajstić information content (AvgIpc) is 2.54. The van der Waals surface area contributed by atoms with Crippen molar-refractivity contribution in [3.63, 3.8) is 0 Å². The van der Waals surface area contributed by atoms with Gasteiger partial charge in [-0.3, -0.25) is 0 Å². The topological polar surface area (TPSA) is 38.7 Å². The number of rotatable bonds is 6. The molecule has 0 saturated carbocycles. The zero-order chi connectivity index (χ0) is 18.6. The van der Waals surface area contributed by atoms with E-state index in [2.05, 4.69) is 58.0 Å². The predicted octanol–water partition coefficient (Wildman–Crippen LogP) is 3.71. The van der Waals surface area contributed by atoms with Crippen LogP contribution in [0.2, 0.25) is 0 Å². The molecule has 0 aromatic heterocycles. The van der Waals surface area contributed by atoms with Crippen molar-refractivity contribution in [1.82, 2.24) is 0 Å². The summed E-state index contributed by atoms with van der Waals surface area (Å²) in [5.74, 6) is 0.887. The molecule has 0 heterocycles. The first-order valence-corrected chi connectivity index (χ1v) is 9.50. The van der Waals surface area contributed by atoms with E-state index in [9.17, 15) is 5.11 Å². The van der Waals surface area contributed by atoms with Crippen LogP contribution < -0.4 is 15.3 Å². The second-order valence-corrected chi connectivity index (χ2v) is 8.74. The minimum Gasteiger partial charge on any atom is -0.467 e. The van der Waals surface area contributed by atoms with Crippen LogP contribution in [0.4, 0.5) is 0 Å². The average molecular weight is 360 g/mol. The summed E-state index contributed by atoms with van der Waals surface area (Å²) in [5.41, 5.74) is 4.61. The Morgan fingerprint density at radius 3 is 2.36 bits per heavy atom. The molecular weight excluding hydrogens is 331 g/mol. The molecule has 2 rings (SSSR count).